The Morgan fingerprint density at radius 1 is 1.10 bits per heavy atom. The summed E-state index contributed by atoms with van der Waals surface area (Å²) in [5.74, 6) is 0. The van der Waals surface area contributed by atoms with Crippen LogP contribution in [0.1, 0.15) is 34.8 Å². The van der Waals surface area contributed by atoms with E-state index in [2.05, 4.69) is 5.10 Å². The summed E-state index contributed by atoms with van der Waals surface area (Å²) in [7, 11) is 0. The normalized spacial score (nSPS) is 12.1. The zero-order chi connectivity index (χ0) is 20.4. The minimum absolute atomic E-state index is 0.579. The van der Waals surface area contributed by atoms with Crippen LogP contribution in [0.2, 0.25) is 5.02 Å². The largest absolute Gasteiger partial charge is 0.387 e. The predicted molar refractivity (Wildman–Crippen MR) is 118 cm³/mol. The number of thiophene rings is 1. The van der Waals surface area contributed by atoms with Crippen LogP contribution in [-0.4, -0.2) is 21.2 Å². The number of carbonyl (C=O) groups is 1. The molecule has 4 rings (SSSR count). The van der Waals surface area contributed by atoms with Crippen molar-refractivity contribution in [3.63, 3.8) is 0 Å². The first-order chi connectivity index (χ1) is 14.1. The molecular weight excluding hydrogens is 404 g/mol. The Morgan fingerprint density at radius 2 is 1.83 bits per heavy atom. The zero-order valence-corrected chi connectivity index (χ0v) is 17.3. The van der Waals surface area contributed by atoms with Crippen molar-refractivity contribution < 1.29 is 9.90 Å². The topological polar surface area (TPSA) is 55.1 Å². The second kappa shape index (κ2) is 8.33. The van der Waals surface area contributed by atoms with Gasteiger partial charge >= 0.3 is 0 Å². The zero-order valence-electron chi connectivity index (χ0n) is 15.7. The van der Waals surface area contributed by atoms with E-state index in [4.69, 9.17) is 11.6 Å². The van der Waals surface area contributed by atoms with E-state index in [1.807, 2.05) is 73.7 Å². The fraction of sp³-hybridized carbons (Fsp3) is 0.130. The Balaban J connectivity index is 1.78. The molecule has 0 saturated heterocycles. The third kappa shape index (κ3) is 3.90. The number of aldehydes is 1. The minimum atomic E-state index is -0.635. The highest BCUT2D eigenvalue weighted by Gasteiger charge is 2.17. The van der Waals surface area contributed by atoms with E-state index in [9.17, 15) is 9.90 Å². The van der Waals surface area contributed by atoms with E-state index in [0.717, 1.165) is 33.7 Å². The molecule has 0 bridgehead atoms. The number of benzene rings is 2. The molecule has 2 aromatic carbocycles. The standard InChI is InChI=1S/C23H19ClN2O2S/c1-2-22(28)19-13-21(26(25-19)20-6-4-3-5-18(20)24)15-7-9-16(10-8-15)23-12-11-17(14-27)29-23/h3-14,22,28H,2H2,1H3. The highest BCUT2D eigenvalue weighted by atomic mass is 35.5. The molecule has 0 aliphatic rings. The van der Waals surface area contributed by atoms with Gasteiger partial charge in [0.1, 0.15) is 0 Å². The SMILES string of the molecule is CCC(O)c1cc(-c2ccc(-c3ccc(C=O)s3)cc2)n(-c2ccccc2Cl)n1. The molecular formula is C23H19ClN2O2S. The number of halogens is 1. The van der Waals surface area contributed by atoms with E-state index in [1.165, 1.54) is 11.3 Å². The average Bonchev–Trinajstić information content (AvgIpc) is 3.41. The van der Waals surface area contributed by atoms with Crippen LogP contribution in [-0.2, 0) is 0 Å². The molecule has 0 aliphatic carbocycles. The lowest BCUT2D eigenvalue weighted by atomic mass is 10.1. The molecule has 2 heterocycles. The van der Waals surface area contributed by atoms with Crippen LogP contribution < -0.4 is 0 Å². The maximum atomic E-state index is 10.9. The summed E-state index contributed by atoms with van der Waals surface area (Å²) in [5.41, 5.74) is 4.23. The molecule has 146 valence electrons. The minimum Gasteiger partial charge on any atom is -0.387 e. The number of aliphatic hydroxyl groups excluding tert-OH is 1. The summed E-state index contributed by atoms with van der Waals surface area (Å²) in [6, 6.07) is 21.3. The maximum absolute atomic E-state index is 10.9. The first-order valence-corrected chi connectivity index (χ1v) is 10.5. The van der Waals surface area contributed by atoms with Crippen molar-refractivity contribution >= 4 is 29.2 Å². The summed E-state index contributed by atoms with van der Waals surface area (Å²) in [6.07, 6.45) is 0.810. The molecule has 29 heavy (non-hydrogen) atoms. The van der Waals surface area contributed by atoms with Gasteiger partial charge in [-0.05, 0) is 42.3 Å². The van der Waals surface area contributed by atoms with Gasteiger partial charge < -0.3 is 5.11 Å². The molecule has 0 spiro atoms. The summed E-state index contributed by atoms with van der Waals surface area (Å²) in [6.45, 7) is 1.92. The van der Waals surface area contributed by atoms with Crippen LogP contribution in [0.15, 0.2) is 66.7 Å². The molecule has 4 aromatic rings. The fourth-order valence-electron chi connectivity index (χ4n) is 3.16. The van der Waals surface area contributed by atoms with E-state index >= 15 is 0 Å². The third-order valence-electron chi connectivity index (χ3n) is 4.75. The number of aliphatic hydroxyl groups is 1. The van der Waals surface area contributed by atoms with Crippen LogP contribution in [0.4, 0.5) is 0 Å². The van der Waals surface area contributed by atoms with Gasteiger partial charge in [-0.2, -0.15) is 5.10 Å². The Hall–Kier alpha value is -2.73. The van der Waals surface area contributed by atoms with Crippen LogP contribution in [0.25, 0.3) is 27.4 Å². The average molecular weight is 423 g/mol. The number of para-hydroxylation sites is 1. The summed E-state index contributed by atoms with van der Waals surface area (Å²) >= 11 is 7.88. The maximum Gasteiger partial charge on any atom is 0.160 e. The summed E-state index contributed by atoms with van der Waals surface area (Å²) in [4.78, 5) is 12.7. The van der Waals surface area contributed by atoms with Crippen molar-refractivity contribution in [2.24, 2.45) is 0 Å². The lowest BCUT2D eigenvalue weighted by Gasteiger charge is -2.10. The van der Waals surface area contributed by atoms with E-state index in [0.29, 0.717) is 22.0 Å². The number of hydrogen-bond donors (Lipinski definition) is 1. The monoisotopic (exact) mass is 422 g/mol. The smallest absolute Gasteiger partial charge is 0.160 e. The Bertz CT molecular complexity index is 1150. The van der Waals surface area contributed by atoms with Gasteiger partial charge in [-0.15, -0.1) is 11.3 Å². The van der Waals surface area contributed by atoms with E-state index in [1.54, 1.807) is 4.68 Å². The summed E-state index contributed by atoms with van der Waals surface area (Å²) < 4.78 is 1.78. The van der Waals surface area contributed by atoms with Crippen molar-refractivity contribution in [3.05, 3.63) is 82.3 Å². The third-order valence-corrected chi connectivity index (χ3v) is 6.12. The quantitative estimate of drug-likeness (QED) is 0.377. The molecule has 0 radical (unpaired) electrons. The number of hydrogen-bond acceptors (Lipinski definition) is 4. The molecule has 6 heteroatoms. The van der Waals surface area contributed by atoms with Gasteiger partial charge in [-0.1, -0.05) is 54.9 Å². The van der Waals surface area contributed by atoms with Gasteiger partial charge in [0.15, 0.2) is 6.29 Å². The van der Waals surface area contributed by atoms with Crippen molar-refractivity contribution in [3.8, 4) is 27.4 Å². The number of carbonyl (C=O) groups excluding carboxylic acids is 1. The van der Waals surface area contributed by atoms with Gasteiger partial charge in [-0.25, -0.2) is 4.68 Å². The van der Waals surface area contributed by atoms with E-state index in [-0.39, 0.29) is 0 Å². The Kier molecular flexibility index (Phi) is 5.62. The molecule has 1 unspecified atom stereocenters. The number of aromatic nitrogens is 2. The van der Waals surface area contributed by atoms with Gasteiger partial charge in [0.25, 0.3) is 0 Å². The molecule has 1 N–H and O–H groups in total. The van der Waals surface area contributed by atoms with Gasteiger partial charge in [-0.3, -0.25) is 4.79 Å². The van der Waals surface area contributed by atoms with E-state index < -0.39 is 6.10 Å². The van der Waals surface area contributed by atoms with Crippen molar-refractivity contribution in [1.29, 1.82) is 0 Å². The van der Waals surface area contributed by atoms with Crippen molar-refractivity contribution in [2.45, 2.75) is 19.4 Å². The molecule has 4 nitrogen and oxygen atoms in total. The number of rotatable bonds is 6. The second-order valence-electron chi connectivity index (χ2n) is 6.64. The van der Waals surface area contributed by atoms with Crippen LogP contribution in [0.3, 0.4) is 0 Å². The highest BCUT2D eigenvalue weighted by Crippen LogP contribution is 2.33. The van der Waals surface area contributed by atoms with Gasteiger partial charge in [0.05, 0.1) is 33.1 Å². The highest BCUT2D eigenvalue weighted by molar-refractivity contribution is 7.17. The fourth-order valence-corrected chi connectivity index (χ4v) is 4.20. The first-order valence-electron chi connectivity index (χ1n) is 9.29. The molecule has 2 aromatic heterocycles. The Morgan fingerprint density at radius 3 is 2.48 bits per heavy atom. The van der Waals surface area contributed by atoms with Crippen LogP contribution in [0.5, 0.6) is 0 Å². The molecule has 1 atom stereocenters. The molecule has 0 fully saturated rings. The van der Waals surface area contributed by atoms with Gasteiger partial charge in [0, 0.05) is 10.4 Å². The summed E-state index contributed by atoms with van der Waals surface area (Å²) in [5, 5.41) is 15.5. The predicted octanol–water partition coefficient (Wildman–Crippen LogP) is 6.18. The van der Waals surface area contributed by atoms with Crippen LogP contribution in [0, 0.1) is 0 Å². The number of nitrogens with zero attached hydrogens (tertiary/aromatic N) is 2. The Labute approximate surface area is 178 Å². The lowest BCUT2D eigenvalue weighted by molar-refractivity contribution is 0.112. The molecule has 0 saturated carbocycles. The lowest BCUT2D eigenvalue weighted by Crippen LogP contribution is -2.02. The van der Waals surface area contributed by atoms with Crippen LogP contribution >= 0.6 is 22.9 Å². The molecule has 0 amide bonds. The first kappa shape index (κ1) is 19.6. The molecule has 0 aliphatic heterocycles. The second-order valence-corrected chi connectivity index (χ2v) is 8.16. The van der Waals surface area contributed by atoms with Crippen molar-refractivity contribution in [2.75, 3.05) is 0 Å². The van der Waals surface area contributed by atoms with Gasteiger partial charge in [0.2, 0.25) is 0 Å². The van der Waals surface area contributed by atoms with Crippen molar-refractivity contribution in [1.82, 2.24) is 9.78 Å².